The minimum absolute atomic E-state index is 0. The Morgan fingerprint density at radius 2 is 1.91 bits per heavy atom. The summed E-state index contributed by atoms with van der Waals surface area (Å²) < 4.78 is 4.70. The minimum Gasteiger partial charge on any atom is -0.614 e. The maximum absolute atomic E-state index is 10.2. The van der Waals surface area contributed by atoms with E-state index < -0.39 is 14.0 Å². The molecule has 0 aliphatic carbocycles. The van der Waals surface area contributed by atoms with Gasteiger partial charge in [0.05, 0.1) is 0 Å². The van der Waals surface area contributed by atoms with Gasteiger partial charge in [-0.25, -0.2) is 0 Å². The zero-order valence-corrected chi connectivity index (χ0v) is 8.94. The molecule has 0 saturated heterocycles. The number of rotatable bonds is 4. The standard InChI is InChI=1S/C7H16O2Si.Li/c1-7(8)9-5-6-10(2,3)4;/h8H,1,5-6H2,2-4H3;/q;+1/p-1. The maximum atomic E-state index is 10.2. The summed E-state index contributed by atoms with van der Waals surface area (Å²) in [5.74, 6) is -0.418. The molecule has 0 aromatic heterocycles. The van der Waals surface area contributed by atoms with Crippen molar-refractivity contribution < 1.29 is 28.7 Å². The van der Waals surface area contributed by atoms with E-state index in [9.17, 15) is 5.11 Å². The van der Waals surface area contributed by atoms with Crippen LogP contribution in [0.3, 0.4) is 0 Å². The van der Waals surface area contributed by atoms with Crippen molar-refractivity contribution in [3.8, 4) is 0 Å². The average Bonchev–Trinajstić information content (AvgIpc) is 1.59. The van der Waals surface area contributed by atoms with Gasteiger partial charge in [0.1, 0.15) is 0 Å². The molecule has 0 atom stereocenters. The molecule has 0 fully saturated rings. The average molecular weight is 166 g/mol. The van der Waals surface area contributed by atoms with E-state index >= 15 is 0 Å². The van der Waals surface area contributed by atoms with Crippen LogP contribution in [0.15, 0.2) is 12.5 Å². The number of hydrogen-bond donors (Lipinski definition) is 0. The molecular formula is C7H15LiO2Si. The summed E-state index contributed by atoms with van der Waals surface area (Å²) in [6, 6.07) is 1.02. The van der Waals surface area contributed by atoms with Gasteiger partial charge in [-0.3, -0.25) is 0 Å². The fourth-order valence-electron chi connectivity index (χ4n) is 0.471. The van der Waals surface area contributed by atoms with Crippen molar-refractivity contribution >= 4 is 8.07 Å². The second-order valence-electron chi connectivity index (χ2n) is 3.53. The van der Waals surface area contributed by atoms with Crippen LogP contribution >= 0.6 is 0 Å². The van der Waals surface area contributed by atoms with E-state index in [1.807, 2.05) is 0 Å². The first-order valence-electron chi connectivity index (χ1n) is 3.40. The summed E-state index contributed by atoms with van der Waals surface area (Å²) in [5.41, 5.74) is 0. The van der Waals surface area contributed by atoms with Crippen LogP contribution in [-0.2, 0) is 4.74 Å². The third-order valence-electron chi connectivity index (χ3n) is 1.12. The van der Waals surface area contributed by atoms with Gasteiger partial charge in [-0.1, -0.05) is 26.2 Å². The molecule has 0 amide bonds. The Bertz CT molecular complexity index is 120. The van der Waals surface area contributed by atoms with Crippen molar-refractivity contribution in [3.05, 3.63) is 12.5 Å². The molecule has 0 N–H and O–H groups in total. The van der Waals surface area contributed by atoms with E-state index in [1.54, 1.807) is 0 Å². The zero-order valence-electron chi connectivity index (χ0n) is 7.94. The van der Waals surface area contributed by atoms with E-state index in [-0.39, 0.29) is 18.9 Å². The van der Waals surface area contributed by atoms with Crippen LogP contribution in [0.1, 0.15) is 0 Å². The second-order valence-corrected chi connectivity index (χ2v) is 9.15. The van der Waals surface area contributed by atoms with Crippen LogP contribution in [-0.4, -0.2) is 14.7 Å². The fourth-order valence-corrected chi connectivity index (χ4v) is 1.19. The Labute approximate surface area is 81.8 Å². The van der Waals surface area contributed by atoms with Crippen molar-refractivity contribution in [3.63, 3.8) is 0 Å². The van der Waals surface area contributed by atoms with Crippen molar-refractivity contribution in [2.75, 3.05) is 6.61 Å². The summed E-state index contributed by atoms with van der Waals surface area (Å²) in [6.07, 6.45) is 0. The molecule has 0 unspecified atom stereocenters. The second kappa shape index (κ2) is 5.76. The van der Waals surface area contributed by atoms with E-state index in [0.29, 0.717) is 6.61 Å². The Balaban J connectivity index is 0. The van der Waals surface area contributed by atoms with Crippen LogP contribution in [0.4, 0.5) is 0 Å². The molecule has 2 nitrogen and oxygen atoms in total. The molecule has 11 heavy (non-hydrogen) atoms. The van der Waals surface area contributed by atoms with Crippen LogP contribution in [0.25, 0.3) is 0 Å². The van der Waals surface area contributed by atoms with Gasteiger partial charge in [-0.15, -0.1) is 0 Å². The summed E-state index contributed by atoms with van der Waals surface area (Å²) >= 11 is 0. The van der Waals surface area contributed by atoms with Crippen molar-refractivity contribution in [1.29, 1.82) is 0 Å². The molecule has 60 valence electrons. The normalized spacial score (nSPS) is 10.1. The largest absolute Gasteiger partial charge is 1.00 e. The summed E-state index contributed by atoms with van der Waals surface area (Å²) in [6.45, 7) is 10.4. The number of ether oxygens (including phenoxy) is 1. The molecule has 0 spiro atoms. The van der Waals surface area contributed by atoms with Gasteiger partial charge in [0, 0.05) is 14.0 Å². The van der Waals surface area contributed by atoms with Gasteiger partial charge in [-0.2, -0.15) is 0 Å². The van der Waals surface area contributed by atoms with Gasteiger partial charge in [0.15, 0.2) is 0 Å². The van der Waals surface area contributed by atoms with Gasteiger partial charge in [-0.05, 0) is 12.7 Å². The first-order chi connectivity index (χ1) is 4.42. The predicted molar refractivity (Wildman–Crippen MR) is 43.2 cm³/mol. The number of hydrogen-bond acceptors (Lipinski definition) is 2. The molecule has 0 radical (unpaired) electrons. The monoisotopic (exact) mass is 166 g/mol. The molecule has 0 heterocycles. The molecule has 0 aliphatic heterocycles. The Kier molecular flexibility index (Phi) is 7.19. The Morgan fingerprint density at radius 1 is 1.45 bits per heavy atom. The van der Waals surface area contributed by atoms with Gasteiger partial charge >= 0.3 is 18.9 Å². The minimum atomic E-state index is -1.03. The predicted octanol–water partition coefficient (Wildman–Crippen LogP) is -1.82. The third-order valence-corrected chi connectivity index (χ3v) is 2.82. The summed E-state index contributed by atoms with van der Waals surface area (Å²) in [7, 11) is -1.03. The Morgan fingerprint density at radius 3 is 2.18 bits per heavy atom. The van der Waals surface area contributed by atoms with Crippen molar-refractivity contribution in [1.82, 2.24) is 0 Å². The maximum Gasteiger partial charge on any atom is 1.00 e. The van der Waals surface area contributed by atoms with Crippen LogP contribution < -0.4 is 24.0 Å². The first kappa shape index (κ1) is 13.7. The molecule has 0 rings (SSSR count). The topological polar surface area (TPSA) is 32.3 Å². The van der Waals surface area contributed by atoms with Crippen molar-refractivity contribution in [2.45, 2.75) is 25.7 Å². The van der Waals surface area contributed by atoms with E-state index in [4.69, 9.17) is 4.74 Å². The molecule has 0 bridgehead atoms. The molecule has 0 aromatic rings. The molecule has 0 saturated carbocycles. The third kappa shape index (κ3) is 13.2. The fraction of sp³-hybridized carbons (Fsp3) is 0.714. The van der Waals surface area contributed by atoms with Gasteiger partial charge in [0.2, 0.25) is 0 Å². The Hall–Kier alpha value is 0.154. The van der Waals surface area contributed by atoms with E-state index in [1.165, 1.54) is 0 Å². The summed E-state index contributed by atoms with van der Waals surface area (Å²) in [5, 5.41) is 10.2. The molecule has 0 aromatic carbocycles. The van der Waals surface area contributed by atoms with E-state index in [0.717, 1.165) is 6.04 Å². The molecule has 0 aliphatic rings. The van der Waals surface area contributed by atoms with Gasteiger partial charge < -0.3 is 9.84 Å². The first-order valence-corrected chi connectivity index (χ1v) is 7.11. The smallest absolute Gasteiger partial charge is 0.614 e. The molecular weight excluding hydrogens is 151 g/mol. The SMILES string of the molecule is C=C([O-])OCC[Si](C)(C)C.[Li+]. The van der Waals surface area contributed by atoms with E-state index in [2.05, 4.69) is 26.2 Å². The van der Waals surface area contributed by atoms with Crippen LogP contribution in [0.5, 0.6) is 0 Å². The quantitative estimate of drug-likeness (QED) is 0.364. The molecule has 4 heteroatoms. The zero-order chi connectivity index (χ0) is 8.20. The van der Waals surface area contributed by atoms with Crippen LogP contribution in [0.2, 0.25) is 25.7 Å². The van der Waals surface area contributed by atoms with Crippen LogP contribution in [0, 0.1) is 0 Å². The van der Waals surface area contributed by atoms with Crippen molar-refractivity contribution in [2.24, 2.45) is 0 Å². The summed E-state index contributed by atoms with van der Waals surface area (Å²) in [4.78, 5) is 0. The van der Waals surface area contributed by atoms with Gasteiger partial charge in [0.25, 0.3) is 0 Å².